The summed E-state index contributed by atoms with van der Waals surface area (Å²) in [4.78, 5) is 12.2. The van der Waals surface area contributed by atoms with E-state index in [4.69, 9.17) is 4.74 Å². The van der Waals surface area contributed by atoms with Crippen LogP contribution >= 0.6 is 0 Å². The van der Waals surface area contributed by atoms with Crippen molar-refractivity contribution in [1.82, 2.24) is 0 Å². The van der Waals surface area contributed by atoms with Gasteiger partial charge in [0.05, 0.1) is 5.92 Å². The summed E-state index contributed by atoms with van der Waals surface area (Å²) in [5.74, 6) is -1.82. The van der Waals surface area contributed by atoms with Gasteiger partial charge in [0.25, 0.3) is 0 Å². The topological polar surface area (TPSA) is 26.3 Å². The molecule has 2 nitrogen and oxygen atoms in total. The zero-order valence-corrected chi connectivity index (χ0v) is 13.4. The first-order valence-electron chi connectivity index (χ1n) is 8.32. The van der Waals surface area contributed by atoms with Crippen LogP contribution in [-0.4, -0.2) is 5.97 Å². The van der Waals surface area contributed by atoms with Crippen LogP contribution in [0, 0.1) is 23.5 Å². The van der Waals surface area contributed by atoms with Gasteiger partial charge in [0.2, 0.25) is 0 Å². The smallest absolute Gasteiger partial charge is 0.314 e. The van der Waals surface area contributed by atoms with Gasteiger partial charge in [0, 0.05) is 6.07 Å². The average molecular weight is 330 g/mol. The molecule has 0 amide bonds. The highest BCUT2D eigenvalue weighted by molar-refractivity contribution is 5.75. The SMILES string of the molecule is O=C(Oc1ccc(F)c(F)c1)[C@H]1CC[C@H](Cc2ccccc2)CC1. The summed E-state index contributed by atoms with van der Waals surface area (Å²) >= 11 is 0. The van der Waals surface area contributed by atoms with Gasteiger partial charge in [-0.3, -0.25) is 4.79 Å². The minimum atomic E-state index is -1.01. The Morgan fingerprint density at radius 3 is 2.33 bits per heavy atom. The second-order valence-corrected chi connectivity index (χ2v) is 6.40. The number of rotatable bonds is 4. The third-order valence-corrected chi connectivity index (χ3v) is 4.66. The Labute approximate surface area is 140 Å². The van der Waals surface area contributed by atoms with E-state index in [0.717, 1.165) is 44.2 Å². The van der Waals surface area contributed by atoms with Crippen molar-refractivity contribution in [2.45, 2.75) is 32.1 Å². The molecule has 0 unspecified atom stereocenters. The summed E-state index contributed by atoms with van der Waals surface area (Å²) in [5.41, 5.74) is 1.32. The van der Waals surface area contributed by atoms with E-state index < -0.39 is 11.6 Å². The average Bonchev–Trinajstić information content (AvgIpc) is 2.60. The van der Waals surface area contributed by atoms with Crippen molar-refractivity contribution < 1.29 is 18.3 Å². The minimum Gasteiger partial charge on any atom is -0.426 e. The third-order valence-electron chi connectivity index (χ3n) is 4.66. The van der Waals surface area contributed by atoms with E-state index in [1.165, 1.54) is 11.6 Å². The highest BCUT2D eigenvalue weighted by atomic mass is 19.2. The van der Waals surface area contributed by atoms with Crippen molar-refractivity contribution in [1.29, 1.82) is 0 Å². The Morgan fingerprint density at radius 1 is 0.958 bits per heavy atom. The molecule has 0 atom stereocenters. The number of hydrogen-bond donors (Lipinski definition) is 0. The molecule has 126 valence electrons. The lowest BCUT2D eigenvalue weighted by Crippen LogP contribution is -2.26. The van der Waals surface area contributed by atoms with Crippen LogP contribution in [0.25, 0.3) is 0 Å². The molecule has 1 fully saturated rings. The quantitative estimate of drug-likeness (QED) is 0.587. The molecular weight excluding hydrogens is 310 g/mol. The molecule has 2 aromatic carbocycles. The van der Waals surface area contributed by atoms with Gasteiger partial charge in [-0.1, -0.05) is 30.3 Å². The zero-order valence-electron chi connectivity index (χ0n) is 13.4. The molecular formula is C20H20F2O2. The Balaban J connectivity index is 1.50. The van der Waals surface area contributed by atoms with Gasteiger partial charge in [0.15, 0.2) is 11.6 Å². The molecule has 2 aromatic rings. The molecule has 0 heterocycles. The van der Waals surface area contributed by atoms with Crippen molar-refractivity contribution in [3.05, 3.63) is 65.7 Å². The van der Waals surface area contributed by atoms with Gasteiger partial charge in [-0.25, -0.2) is 8.78 Å². The van der Waals surface area contributed by atoms with Crippen LogP contribution < -0.4 is 4.74 Å². The molecule has 0 spiro atoms. The number of carbonyl (C=O) groups is 1. The number of benzene rings is 2. The fraction of sp³-hybridized carbons (Fsp3) is 0.350. The number of halogens is 2. The zero-order chi connectivity index (χ0) is 16.9. The predicted octanol–water partition coefficient (Wildman–Crippen LogP) is 4.92. The van der Waals surface area contributed by atoms with Crippen molar-refractivity contribution in [3.8, 4) is 5.75 Å². The molecule has 0 aliphatic heterocycles. The van der Waals surface area contributed by atoms with Crippen LogP contribution in [0.1, 0.15) is 31.2 Å². The number of ether oxygens (including phenoxy) is 1. The number of esters is 1. The molecule has 1 saturated carbocycles. The highest BCUT2D eigenvalue weighted by Crippen LogP contribution is 2.32. The third kappa shape index (κ3) is 4.19. The van der Waals surface area contributed by atoms with Gasteiger partial charge >= 0.3 is 5.97 Å². The molecule has 3 rings (SSSR count). The highest BCUT2D eigenvalue weighted by Gasteiger charge is 2.28. The van der Waals surface area contributed by atoms with Gasteiger partial charge in [-0.2, -0.15) is 0 Å². The van der Waals surface area contributed by atoms with Crippen LogP contribution in [0.3, 0.4) is 0 Å². The lowest BCUT2D eigenvalue weighted by Gasteiger charge is -2.27. The van der Waals surface area contributed by atoms with Crippen LogP contribution in [0.15, 0.2) is 48.5 Å². The first-order chi connectivity index (χ1) is 11.6. The maximum absolute atomic E-state index is 13.2. The second-order valence-electron chi connectivity index (χ2n) is 6.40. The van der Waals surface area contributed by atoms with E-state index in [9.17, 15) is 13.6 Å². The lowest BCUT2D eigenvalue weighted by atomic mass is 9.79. The van der Waals surface area contributed by atoms with Crippen LogP contribution in [-0.2, 0) is 11.2 Å². The van der Waals surface area contributed by atoms with E-state index in [-0.39, 0.29) is 17.6 Å². The van der Waals surface area contributed by atoms with Crippen LogP contribution in [0.2, 0.25) is 0 Å². The van der Waals surface area contributed by atoms with E-state index >= 15 is 0 Å². The summed E-state index contributed by atoms with van der Waals surface area (Å²) in [7, 11) is 0. The molecule has 0 radical (unpaired) electrons. The van der Waals surface area contributed by atoms with Gasteiger partial charge in [0.1, 0.15) is 5.75 Å². The molecule has 0 saturated heterocycles. The normalized spacial score (nSPS) is 20.6. The summed E-state index contributed by atoms with van der Waals surface area (Å²) in [5, 5.41) is 0. The molecule has 1 aliphatic carbocycles. The van der Waals surface area contributed by atoms with Crippen molar-refractivity contribution in [3.63, 3.8) is 0 Å². The summed E-state index contributed by atoms with van der Waals surface area (Å²) in [6.45, 7) is 0. The Bertz CT molecular complexity index is 692. The standard InChI is InChI=1S/C20H20F2O2/c21-18-11-10-17(13-19(18)22)24-20(23)16-8-6-15(7-9-16)12-14-4-2-1-3-5-14/h1-5,10-11,13,15-16H,6-9,12H2/t15-,16-. The lowest BCUT2D eigenvalue weighted by molar-refractivity contribution is -0.140. The van der Waals surface area contributed by atoms with Crippen molar-refractivity contribution in [2.75, 3.05) is 0 Å². The van der Waals surface area contributed by atoms with E-state index in [0.29, 0.717) is 5.92 Å². The van der Waals surface area contributed by atoms with Crippen LogP contribution in [0.5, 0.6) is 5.75 Å². The Morgan fingerprint density at radius 2 is 1.67 bits per heavy atom. The van der Waals surface area contributed by atoms with Crippen molar-refractivity contribution in [2.24, 2.45) is 11.8 Å². The maximum atomic E-state index is 13.2. The fourth-order valence-corrected chi connectivity index (χ4v) is 3.29. The molecule has 0 N–H and O–H groups in total. The molecule has 4 heteroatoms. The fourth-order valence-electron chi connectivity index (χ4n) is 3.29. The number of carbonyl (C=O) groups excluding carboxylic acids is 1. The maximum Gasteiger partial charge on any atom is 0.314 e. The van der Waals surface area contributed by atoms with Gasteiger partial charge in [-0.05, 0) is 55.7 Å². The number of hydrogen-bond acceptors (Lipinski definition) is 2. The summed E-state index contributed by atoms with van der Waals surface area (Å²) < 4.78 is 31.3. The first kappa shape index (κ1) is 16.6. The first-order valence-corrected chi connectivity index (χ1v) is 8.32. The monoisotopic (exact) mass is 330 g/mol. The van der Waals surface area contributed by atoms with Gasteiger partial charge in [-0.15, -0.1) is 0 Å². The largest absolute Gasteiger partial charge is 0.426 e. The molecule has 24 heavy (non-hydrogen) atoms. The Kier molecular flexibility index (Phi) is 5.24. The minimum absolute atomic E-state index is 0.0605. The Hall–Kier alpha value is -2.23. The van der Waals surface area contributed by atoms with E-state index in [1.54, 1.807) is 0 Å². The second kappa shape index (κ2) is 7.56. The van der Waals surface area contributed by atoms with Crippen molar-refractivity contribution >= 4 is 5.97 Å². The van der Waals surface area contributed by atoms with Crippen LogP contribution in [0.4, 0.5) is 8.78 Å². The molecule has 1 aliphatic rings. The van der Waals surface area contributed by atoms with E-state index in [1.807, 2.05) is 18.2 Å². The molecule has 0 aromatic heterocycles. The summed E-state index contributed by atoms with van der Waals surface area (Å²) in [6.07, 6.45) is 4.55. The summed E-state index contributed by atoms with van der Waals surface area (Å²) in [6, 6.07) is 13.5. The molecule has 0 bridgehead atoms. The van der Waals surface area contributed by atoms with E-state index in [2.05, 4.69) is 12.1 Å². The predicted molar refractivity (Wildman–Crippen MR) is 87.6 cm³/mol. The van der Waals surface area contributed by atoms with Gasteiger partial charge < -0.3 is 4.74 Å².